The van der Waals surface area contributed by atoms with E-state index in [1.54, 1.807) is 19.1 Å². The highest BCUT2D eigenvalue weighted by atomic mass is 16.4. The van der Waals surface area contributed by atoms with Gasteiger partial charge in [0.15, 0.2) is 5.69 Å². The molecular formula is C17H19N3O4. The van der Waals surface area contributed by atoms with Crippen molar-refractivity contribution in [2.45, 2.75) is 32.7 Å². The van der Waals surface area contributed by atoms with Crippen LogP contribution in [0, 0.1) is 6.92 Å². The number of nitrogens with zero attached hydrogens (tertiary/aromatic N) is 2. The largest absolute Gasteiger partial charge is 0.480 e. The minimum atomic E-state index is -1.14. The first-order chi connectivity index (χ1) is 11.4. The fraction of sp³-hybridized carbons (Fsp3) is 0.294. The summed E-state index contributed by atoms with van der Waals surface area (Å²) < 4.78 is 1.48. The molecule has 0 bridgehead atoms. The molecule has 126 valence electrons. The van der Waals surface area contributed by atoms with Gasteiger partial charge >= 0.3 is 5.97 Å². The van der Waals surface area contributed by atoms with Crippen LogP contribution in [-0.2, 0) is 4.79 Å². The van der Waals surface area contributed by atoms with Gasteiger partial charge in [0.05, 0.1) is 5.69 Å². The number of hydrogen-bond acceptors (Lipinski definition) is 4. The highest BCUT2D eigenvalue weighted by Crippen LogP contribution is 2.08. The molecule has 0 saturated heterocycles. The molecule has 0 aliphatic heterocycles. The lowest BCUT2D eigenvalue weighted by Gasteiger charge is -2.14. The summed E-state index contributed by atoms with van der Waals surface area (Å²) in [5, 5.41) is 15.6. The SMILES string of the molecule is CCCC(NC(=O)c1nn(-c2ccccc2)c(C)cc1=O)C(=O)O. The minimum absolute atomic E-state index is 0.278. The van der Waals surface area contributed by atoms with Crippen LogP contribution in [0.5, 0.6) is 0 Å². The van der Waals surface area contributed by atoms with Gasteiger partial charge in [-0.25, -0.2) is 9.48 Å². The molecule has 2 aromatic rings. The van der Waals surface area contributed by atoms with E-state index in [2.05, 4.69) is 10.4 Å². The number of carbonyl (C=O) groups is 2. The van der Waals surface area contributed by atoms with Crippen LogP contribution in [0.3, 0.4) is 0 Å². The molecule has 24 heavy (non-hydrogen) atoms. The van der Waals surface area contributed by atoms with Crippen molar-refractivity contribution in [1.82, 2.24) is 15.1 Å². The van der Waals surface area contributed by atoms with Crippen molar-refractivity contribution in [3.05, 3.63) is 58.0 Å². The van der Waals surface area contributed by atoms with Crippen LogP contribution in [0.25, 0.3) is 5.69 Å². The number of carboxylic acids is 1. The van der Waals surface area contributed by atoms with Gasteiger partial charge in [0.2, 0.25) is 5.43 Å². The number of aromatic nitrogens is 2. The zero-order chi connectivity index (χ0) is 17.7. The van der Waals surface area contributed by atoms with Gasteiger partial charge in [-0.15, -0.1) is 0 Å². The van der Waals surface area contributed by atoms with Gasteiger partial charge in [-0.2, -0.15) is 5.10 Å². The first-order valence-electron chi connectivity index (χ1n) is 7.64. The first kappa shape index (κ1) is 17.4. The summed E-state index contributed by atoms with van der Waals surface area (Å²) in [7, 11) is 0. The van der Waals surface area contributed by atoms with Crippen LogP contribution in [0.1, 0.15) is 35.9 Å². The topological polar surface area (TPSA) is 101 Å². The van der Waals surface area contributed by atoms with Gasteiger partial charge in [-0.3, -0.25) is 9.59 Å². The van der Waals surface area contributed by atoms with Crippen LogP contribution < -0.4 is 10.7 Å². The molecule has 0 fully saturated rings. The predicted molar refractivity (Wildman–Crippen MR) is 88.4 cm³/mol. The van der Waals surface area contributed by atoms with Crippen LogP contribution in [0.2, 0.25) is 0 Å². The number of aliphatic carboxylic acids is 1. The van der Waals surface area contributed by atoms with Gasteiger partial charge in [-0.05, 0) is 25.5 Å². The highest BCUT2D eigenvalue weighted by Gasteiger charge is 2.22. The molecule has 7 nitrogen and oxygen atoms in total. The molecule has 1 aromatic heterocycles. The molecular weight excluding hydrogens is 310 g/mol. The van der Waals surface area contributed by atoms with Gasteiger partial charge in [0.1, 0.15) is 6.04 Å². The third kappa shape index (κ3) is 3.87. The Morgan fingerprint density at radius 2 is 1.96 bits per heavy atom. The Balaban J connectivity index is 2.38. The number of carbonyl (C=O) groups excluding carboxylic acids is 1. The Morgan fingerprint density at radius 1 is 1.29 bits per heavy atom. The molecule has 0 aliphatic rings. The molecule has 2 rings (SSSR count). The highest BCUT2D eigenvalue weighted by molar-refractivity contribution is 5.94. The quantitative estimate of drug-likeness (QED) is 0.837. The molecule has 1 unspecified atom stereocenters. The normalized spacial score (nSPS) is 11.8. The molecule has 1 atom stereocenters. The van der Waals surface area contributed by atoms with Crippen LogP contribution in [0.15, 0.2) is 41.2 Å². The second kappa shape index (κ2) is 7.54. The fourth-order valence-electron chi connectivity index (χ4n) is 2.31. The molecule has 1 aromatic carbocycles. The lowest BCUT2D eigenvalue weighted by Crippen LogP contribution is -2.43. The molecule has 2 N–H and O–H groups in total. The number of hydrogen-bond donors (Lipinski definition) is 2. The maximum Gasteiger partial charge on any atom is 0.326 e. The summed E-state index contributed by atoms with van der Waals surface area (Å²) in [6.07, 6.45) is 0.868. The van der Waals surface area contributed by atoms with Crippen LogP contribution >= 0.6 is 0 Å². The number of aryl methyl sites for hydroxylation is 1. The summed E-state index contributed by atoms with van der Waals surface area (Å²) in [5.74, 6) is -1.92. The third-order valence-electron chi connectivity index (χ3n) is 3.50. The molecule has 0 spiro atoms. The summed E-state index contributed by atoms with van der Waals surface area (Å²) >= 11 is 0. The minimum Gasteiger partial charge on any atom is -0.480 e. The summed E-state index contributed by atoms with van der Waals surface area (Å²) in [4.78, 5) is 35.6. The number of benzene rings is 1. The molecule has 1 amide bonds. The van der Waals surface area contributed by atoms with E-state index < -0.39 is 23.3 Å². The van der Waals surface area contributed by atoms with Crippen LogP contribution in [0.4, 0.5) is 0 Å². The van der Waals surface area contributed by atoms with Crippen molar-refractivity contribution in [2.75, 3.05) is 0 Å². The first-order valence-corrected chi connectivity index (χ1v) is 7.64. The Bertz CT molecular complexity index is 799. The van der Waals surface area contributed by atoms with Gasteiger partial charge in [-0.1, -0.05) is 31.5 Å². The summed E-state index contributed by atoms with van der Waals surface area (Å²) in [6.45, 7) is 3.52. The second-order valence-corrected chi connectivity index (χ2v) is 5.40. The Labute approximate surface area is 138 Å². The van der Waals surface area contributed by atoms with Crippen molar-refractivity contribution < 1.29 is 14.7 Å². The zero-order valence-electron chi connectivity index (χ0n) is 13.5. The number of nitrogens with one attached hydrogen (secondary N) is 1. The molecule has 7 heteroatoms. The van der Waals surface area contributed by atoms with E-state index in [4.69, 9.17) is 5.11 Å². The third-order valence-corrected chi connectivity index (χ3v) is 3.50. The number of rotatable bonds is 6. The van der Waals surface area contributed by atoms with E-state index in [0.717, 1.165) is 0 Å². The lowest BCUT2D eigenvalue weighted by atomic mass is 10.1. The van der Waals surface area contributed by atoms with E-state index in [1.807, 2.05) is 25.1 Å². The average Bonchev–Trinajstić information content (AvgIpc) is 2.55. The summed E-state index contributed by atoms with van der Waals surface area (Å²) in [5.41, 5.74) is 0.406. The van der Waals surface area contributed by atoms with E-state index in [0.29, 0.717) is 17.8 Å². The number of carboxylic acid groups (broad SMARTS) is 1. The van der Waals surface area contributed by atoms with Gasteiger partial charge in [0, 0.05) is 11.8 Å². The van der Waals surface area contributed by atoms with E-state index in [1.165, 1.54) is 10.7 Å². The van der Waals surface area contributed by atoms with Crippen LogP contribution in [-0.4, -0.2) is 32.8 Å². The lowest BCUT2D eigenvalue weighted by molar-refractivity contribution is -0.139. The van der Waals surface area contributed by atoms with Crippen molar-refractivity contribution in [3.63, 3.8) is 0 Å². The predicted octanol–water partition coefficient (Wildman–Crippen LogP) is 1.52. The van der Waals surface area contributed by atoms with Crippen molar-refractivity contribution >= 4 is 11.9 Å². The Morgan fingerprint density at radius 3 is 2.54 bits per heavy atom. The van der Waals surface area contributed by atoms with Crippen molar-refractivity contribution in [1.29, 1.82) is 0 Å². The molecule has 0 radical (unpaired) electrons. The maximum absolute atomic E-state index is 12.3. The molecule has 0 saturated carbocycles. The molecule has 1 heterocycles. The second-order valence-electron chi connectivity index (χ2n) is 5.40. The fourth-order valence-corrected chi connectivity index (χ4v) is 2.31. The van der Waals surface area contributed by atoms with Crippen molar-refractivity contribution in [2.24, 2.45) is 0 Å². The number of amides is 1. The van der Waals surface area contributed by atoms with Crippen molar-refractivity contribution in [3.8, 4) is 5.69 Å². The Hall–Kier alpha value is -2.96. The monoisotopic (exact) mass is 329 g/mol. The van der Waals surface area contributed by atoms with Gasteiger partial charge in [0.25, 0.3) is 5.91 Å². The summed E-state index contributed by atoms with van der Waals surface area (Å²) in [6, 6.07) is 9.33. The zero-order valence-corrected chi connectivity index (χ0v) is 13.5. The molecule has 0 aliphatic carbocycles. The van der Waals surface area contributed by atoms with E-state index in [-0.39, 0.29) is 12.1 Å². The average molecular weight is 329 g/mol. The Kier molecular flexibility index (Phi) is 5.47. The number of para-hydroxylation sites is 1. The smallest absolute Gasteiger partial charge is 0.326 e. The van der Waals surface area contributed by atoms with E-state index >= 15 is 0 Å². The maximum atomic E-state index is 12.3. The van der Waals surface area contributed by atoms with E-state index in [9.17, 15) is 14.4 Å². The standard InChI is InChI=1S/C17H19N3O4/c1-3-7-13(17(23)24)18-16(22)15-14(21)10-11(2)20(19-15)12-8-5-4-6-9-12/h4-6,8-10,13H,3,7H2,1-2H3,(H,18,22)(H,23,24). The van der Waals surface area contributed by atoms with Gasteiger partial charge < -0.3 is 10.4 Å².